The van der Waals surface area contributed by atoms with Gasteiger partial charge in [-0.1, -0.05) is 25.3 Å². The highest BCUT2D eigenvalue weighted by Gasteiger charge is 2.43. The van der Waals surface area contributed by atoms with Gasteiger partial charge >= 0.3 is 10.2 Å². The number of piperazine rings is 1. The van der Waals surface area contributed by atoms with E-state index in [1.54, 1.807) is 13.2 Å². The molecule has 2 aromatic carbocycles. The van der Waals surface area contributed by atoms with Crippen LogP contribution in [-0.2, 0) is 23.2 Å². The van der Waals surface area contributed by atoms with Crippen LogP contribution in [0.1, 0.15) is 94.6 Å². The van der Waals surface area contributed by atoms with Crippen LogP contribution in [0.4, 0.5) is 0 Å². The van der Waals surface area contributed by atoms with E-state index in [1.165, 1.54) is 32.3 Å². The summed E-state index contributed by atoms with van der Waals surface area (Å²) in [6.07, 6.45) is 9.79. The van der Waals surface area contributed by atoms with Crippen LogP contribution in [0.15, 0.2) is 47.1 Å². The lowest BCUT2D eigenvalue weighted by atomic mass is 9.81. The van der Waals surface area contributed by atoms with E-state index in [9.17, 15) is 18.0 Å². The van der Waals surface area contributed by atoms with Crippen molar-refractivity contribution >= 4 is 32.9 Å². The average molecular weight is 715 g/mol. The minimum absolute atomic E-state index is 0.0729. The number of methoxy groups -OCH3 is 1. The van der Waals surface area contributed by atoms with E-state index in [0.29, 0.717) is 30.5 Å². The van der Waals surface area contributed by atoms with E-state index < -0.39 is 16.1 Å². The molecule has 2 saturated heterocycles. The van der Waals surface area contributed by atoms with Gasteiger partial charge in [-0.25, -0.2) is 9.71 Å². The fourth-order valence-corrected chi connectivity index (χ4v) is 9.57. The summed E-state index contributed by atoms with van der Waals surface area (Å²) in [5.74, 6) is 0.590. The molecule has 8 rings (SSSR count). The maximum atomic E-state index is 13.9. The molecule has 1 saturated carbocycles. The fourth-order valence-electron chi connectivity index (χ4n) is 9.03. The zero-order chi connectivity index (χ0) is 35.6. The second-order valence-electron chi connectivity index (χ2n) is 15.0. The number of hydrogen-bond acceptors (Lipinski definition) is 8. The van der Waals surface area contributed by atoms with Gasteiger partial charge in [-0.05, 0) is 86.5 Å². The van der Waals surface area contributed by atoms with Crippen molar-refractivity contribution in [1.82, 2.24) is 28.4 Å². The van der Waals surface area contributed by atoms with Crippen molar-refractivity contribution in [2.24, 2.45) is 0 Å². The summed E-state index contributed by atoms with van der Waals surface area (Å²) < 4.78 is 42.5. The highest BCUT2D eigenvalue weighted by atomic mass is 32.2. The summed E-state index contributed by atoms with van der Waals surface area (Å²) in [7, 11) is 2.56. The molecule has 3 aliphatic heterocycles. The maximum absolute atomic E-state index is 13.9. The van der Waals surface area contributed by atoms with Crippen LogP contribution in [-0.4, -0.2) is 97.3 Å². The number of likely N-dealkylation sites (N-methyl/N-ethyl adjacent to an activating group) is 1. The van der Waals surface area contributed by atoms with Crippen molar-refractivity contribution in [1.29, 1.82) is 0 Å². The SMILES string of the molecule is COc1ccc2c(c1)CC(c1nc(C(=O)N3C4CCC3CN(C)C4)co1)Cn1c-2c(C2CCCCC2)c2ccc(C(=O)NS(=O)(=O)N(C)C)cc21. The zero-order valence-corrected chi connectivity index (χ0v) is 30.5. The lowest BCUT2D eigenvalue weighted by molar-refractivity contribution is 0.0466. The molecule has 1 N–H and O–H groups in total. The van der Waals surface area contributed by atoms with Gasteiger partial charge in [-0.3, -0.25) is 9.59 Å². The Hall–Kier alpha value is -4.20. The number of aromatic nitrogens is 2. The van der Waals surface area contributed by atoms with Gasteiger partial charge in [0.05, 0.1) is 18.7 Å². The Morgan fingerprint density at radius 2 is 1.71 bits per heavy atom. The Morgan fingerprint density at radius 3 is 2.41 bits per heavy atom. The first-order valence-electron chi connectivity index (χ1n) is 18.1. The van der Waals surface area contributed by atoms with Gasteiger partial charge in [0.2, 0.25) is 0 Å². The van der Waals surface area contributed by atoms with Crippen molar-refractivity contribution in [2.45, 2.75) is 81.8 Å². The van der Waals surface area contributed by atoms with Gasteiger partial charge in [-0.15, -0.1) is 0 Å². The number of hydrogen-bond donors (Lipinski definition) is 1. The molecule has 0 spiro atoms. The number of ether oxygens (including phenoxy) is 1. The van der Waals surface area contributed by atoms with E-state index in [2.05, 4.69) is 33.4 Å². The first-order valence-corrected chi connectivity index (χ1v) is 19.5. The second-order valence-corrected chi connectivity index (χ2v) is 16.9. The van der Waals surface area contributed by atoms with E-state index in [0.717, 1.165) is 89.4 Å². The van der Waals surface area contributed by atoms with Gasteiger partial charge < -0.3 is 23.5 Å². The Labute approximate surface area is 298 Å². The van der Waals surface area contributed by atoms with E-state index in [-0.39, 0.29) is 29.5 Å². The molecule has 2 bridgehead atoms. The van der Waals surface area contributed by atoms with Gasteiger partial charge in [0.1, 0.15) is 12.0 Å². The molecule has 4 aromatic rings. The molecule has 1 aliphatic carbocycles. The number of nitrogens with zero attached hydrogens (tertiary/aromatic N) is 5. The van der Waals surface area contributed by atoms with Crippen molar-refractivity contribution < 1.29 is 27.2 Å². The van der Waals surface area contributed by atoms with Gasteiger partial charge in [0.15, 0.2) is 11.6 Å². The molecule has 270 valence electrons. The summed E-state index contributed by atoms with van der Waals surface area (Å²) in [4.78, 5) is 36.5. The minimum atomic E-state index is -3.98. The van der Waals surface area contributed by atoms with Crippen LogP contribution in [0.2, 0.25) is 0 Å². The lowest BCUT2D eigenvalue weighted by Crippen LogP contribution is -2.54. The van der Waals surface area contributed by atoms with Gasteiger partial charge in [0, 0.05) is 67.8 Å². The molecule has 4 aliphatic rings. The molecule has 51 heavy (non-hydrogen) atoms. The third kappa shape index (κ3) is 6.02. The molecule has 3 unspecified atom stereocenters. The summed E-state index contributed by atoms with van der Waals surface area (Å²) in [5.41, 5.74) is 5.99. The molecule has 2 amide bonds. The number of amides is 2. The van der Waals surface area contributed by atoms with Crippen molar-refractivity contribution in [3.63, 3.8) is 0 Å². The Bertz CT molecular complexity index is 2100. The molecule has 12 nitrogen and oxygen atoms in total. The molecule has 5 heterocycles. The van der Waals surface area contributed by atoms with E-state index in [1.807, 2.05) is 23.1 Å². The normalized spacial score (nSPS) is 22.5. The summed E-state index contributed by atoms with van der Waals surface area (Å²) in [6, 6.07) is 12.1. The predicted molar refractivity (Wildman–Crippen MR) is 193 cm³/mol. The predicted octanol–water partition coefficient (Wildman–Crippen LogP) is 5.15. The number of fused-ring (bicyclic) bond motifs is 7. The first kappa shape index (κ1) is 33.9. The Balaban J connectivity index is 1.24. The van der Waals surface area contributed by atoms with Crippen LogP contribution < -0.4 is 9.46 Å². The minimum Gasteiger partial charge on any atom is -0.497 e. The second kappa shape index (κ2) is 13.1. The van der Waals surface area contributed by atoms with Crippen LogP contribution in [0.5, 0.6) is 5.75 Å². The molecule has 0 radical (unpaired) electrons. The molecular weight excluding hydrogens is 669 g/mol. The topological polar surface area (TPSA) is 130 Å². The number of carbonyl (C=O) groups is 2. The molecule has 3 atom stereocenters. The summed E-state index contributed by atoms with van der Waals surface area (Å²) in [5, 5.41) is 1.06. The van der Waals surface area contributed by atoms with Crippen molar-refractivity contribution in [2.75, 3.05) is 41.3 Å². The van der Waals surface area contributed by atoms with Crippen LogP contribution in [0.25, 0.3) is 22.2 Å². The number of nitrogens with one attached hydrogen (secondary N) is 1. The molecular formula is C38H46N6O6S. The summed E-state index contributed by atoms with van der Waals surface area (Å²) >= 11 is 0. The monoisotopic (exact) mass is 714 g/mol. The Morgan fingerprint density at radius 1 is 0.961 bits per heavy atom. The third-order valence-corrected chi connectivity index (χ3v) is 12.9. The number of oxazole rings is 1. The van der Waals surface area contributed by atoms with E-state index >= 15 is 0 Å². The number of benzene rings is 2. The van der Waals surface area contributed by atoms with Gasteiger partial charge in [0.25, 0.3) is 11.8 Å². The first-order chi connectivity index (χ1) is 24.5. The molecule has 3 fully saturated rings. The zero-order valence-electron chi connectivity index (χ0n) is 29.7. The van der Waals surface area contributed by atoms with Crippen molar-refractivity contribution in [3.8, 4) is 17.0 Å². The number of rotatable bonds is 7. The van der Waals surface area contributed by atoms with Crippen LogP contribution in [0.3, 0.4) is 0 Å². The lowest BCUT2D eigenvalue weighted by Gasteiger charge is -2.39. The molecule has 2 aromatic heterocycles. The van der Waals surface area contributed by atoms with E-state index in [4.69, 9.17) is 14.1 Å². The number of carbonyl (C=O) groups excluding carboxylic acids is 2. The molecule has 13 heteroatoms. The average Bonchev–Trinajstić information content (AvgIpc) is 3.77. The quantitative estimate of drug-likeness (QED) is 0.279. The van der Waals surface area contributed by atoms with Crippen LogP contribution >= 0.6 is 0 Å². The third-order valence-electron chi connectivity index (χ3n) is 11.5. The standard InChI is InChI=1S/C38H46N6O6S/c1-41(2)51(47,48)40-36(45)24-10-14-31-33(18-24)43-19-26(37-39-32(22-50-37)38(46)44-27-11-12-28(44)21-42(3)20-27)16-25-17-29(49-4)13-15-30(25)35(43)34(31)23-8-6-5-7-9-23/h10,13-15,17-18,22-23,26-28H,5-9,11-12,16,19-21H2,1-4H3,(H,40,45). The Kier molecular flexibility index (Phi) is 8.71. The summed E-state index contributed by atoms with van der Waals surface area (Å²) in [6.45, 7) is 2.22. The highest BCUT2D eigenvalue weighted by Crippen LogP contribution is 2.48. The van der Waals surface area contributed by atoms with Crippen LogP contribution in [0, 0.1) is 0 Å². The van der Waals surface area contributed by atoms with Crippen molar-refractivity contribution in [3.05, 3.63) is 70.9 Å². The number of likely N-dealkylation sites (tertiary alicyclic amines) is 1. The van der Waals surface area contributed by atoms with Gasteiger partial charge in [-0.2, -0.15) is 12.7 Å². The largest absolute Gasteiger partial charge is 0.497 e. The maximum Gasteiger partial charge on any atom is 0.303 e. The smallest absolute Gasteiger partial charge is 0.303 e. The highest BCUT2D eigenvalue weighted by molar-refractivity contribution is 7.87. The fraction of sp³-hybridized carbons (Fsp3) is 0.500.